The second-order valence-electron chi connectivity index (χ2n) is 3.94. The zero-order chi connectivity index (χ0) is 11.0. The number of aromatic amines is 1. The molecule has 2 aromatic rings. The number of hydrogen-bond acceptors (Lipinski definition) is 5. The SMILES string of the molecule is COCc1cc(-c2nc(C3CC3)no2)n[nH]1. The van der Waals surface area contributed by atoms with Gasteiger partial charge in [0.25, 0.3) is 5.89 Å². The van der Waals surface area contributed by atoms with E-state index in [1.165, 1.54) is 0 Å². The lowest BCUT2D eigenvalue weighted by atomic mass is 10.3. The van der Waals surface area contributed by atoms with E-state index in [4.69, 9.17) is 9.26 Å². The normalized spacial score (nSPS) is 15.6. The molecule has 6 heteroatoms. The van der Waals surface area contributed by atoms with Gasteiger partial charge in [0.2, 0.25) is 0 Å². The summed E-state index contributed by atoms with van der Waals surface area (Å²) < 4.78 is 10.2. The summed E-state index contributed by atoms with van der Waals surface area (Å²) in [6.45, 7) is 0.497. The van der Waals surface area contributed by atoms with Gasteiger partial charge in [-0.1, -0.05) is 5.16 Å². The van der Waals surface area contributed by atoms with Gasteiger partial charge in [-0.2, -0.15) is 10.1 Å². The Bertz CT molecular complexity index is 486. The molecule has 0 amide bonds. The van der Waals surface area contributed by atoms with E-state index in [2.05, 4.69) is 20.3 Å². The average Bonchev–Trinajstić information content (AvgIpc) is 2.85. The number of hydrogen-bond donors (Lipinski definition) is 1. The summed E-state index contributed by atoms with van der Waals surface area (Å²) in [5.74, 6) is 1.77. The highest BCUT2D eigenvalue weighted by Crippen LogP contribution is 2.38. The van der Waals surface area contributed by atoms with E-state index in [1.54, 1.807) is 7.11 Å². The molecule has 84 valence electrons. The van der Waals surface area contributed by atoms with E-state index in [0.717, 1.165) is 24.4 Å². The van der Waals surface area contributed by atoms with Gasteiger partial charge in [0.1, 0.15) is 0 Å². The number of H-pyrrole nitrogens is 1. The fraction of sp³-hybridized carbons (Fsp3) is 0.500. The Kier molecular flexibility index (Phi) is 2.21. The minimum absolute atomic E-state index is 0.473. The van der Waals surface area contributed by atoms with Gasteiger partial charge in [0.15, 0.2) is 11.5 Å². The monoisotopic (exact) mass is 220 g/mol. The molecular formula is C10H12N4O2. The molecule has 3 rings (SSSR count). The van der Waals surface area contributed by atoms with Crippen LogP contribution in [0.3, 0.4) is 0 Å². The Morgan fingerprint density at radius 1 is 1.56 bits per heavy atom. The number of ether oxygens (including phenoxy) is 1. The lowest BCUT2D eigenvalue weighted by Gasteiger charge is -1.89. The number of nitrogens with one attached hydrogen (secondary N) is 1. The van der Waals surface area contributed by atoms with Crippen molar-refractivity contribution in [2.24, 2.45) is 0 Å². The Hall–Kier alpha value is -1.69. The van der Waals surface area contributed by atoms with Crippen LogP contribution in [0.4, 0.5) is 0 Å². The van der Waals surface area contributed by atoms with Gasteiger partial charge >= 0.3 is 0 Å². The first-order valence-electron chi connectivity index (χ1n) is 5.24. The zero-order valence-electron chi connectivity index (χ0n) is 8.93. The molecule has 0 atom stereocenters. The van der Waals surface area contributed by atoms with Crippen LogP contribution in [0.15, 0.2) is 10.6 Å². The van der Waals surface area contributed by atoms with Gasteiger partial charge in [0, 0.05) is 13.0 Å². The fourth-order valence-electron chi connectivity index (χ4n) is 1.55. The molecule has 0 saturated heterocycles. The minimum atomic E-state index is 0.473. The molecule has 1 saturated carbocycles. The number of methoxy groups -OCH3 is 1. The topological polar surface area (TPSA) is 76.8 Å². The molecule has 0 aliphatic heterocycles. The molecule has 0 spiro atoms. The molecule has 0 bridgehead atoms. The largest absolute Gasteiger partial charge is 0.378 e. The molecule has 0 aromatic carbocycles. The van der Waals surface area contributed by atoms with Crippen molar-refractivity contribution in [2.75, 3.05) is 7.11 Å². The highest BCUT2D eigenvalue weighted by Gasteiger charge is 2.29. The summed E-state index contributed by atoms with van der Waals surface area (Å²) in [7, 11) is 1.64. The van der Waals surface area contributed by atoms with Crippen LogP contribution in [0.5, 0.6) is 0 Å². The molecule has 0 unspecified atom stereocenters. The molecule has 1 N–H and O–H groups in total. The maximum atomic E-state index is 5.16. The number of rotatable bonds is 4. The summed E-state index contributed by atoms with van der Waals surface area (Å²) in [5.41, 5.74) is 1.56. The maximum Gasteiger partial charge on any atom is 0.278 e. The molecular weight excluding hydrogens is 208 g/mol. The molecule has 1 fully saturated rings. The van der Waals surface area contributed by atoms with E-state index >= 15 is 0 Å². The van der Waals surface area contributed by atoms with Gasteiger partial charge in [-0.3, -0.25) is 5.10 Å². The van der Waals surface area contributed by atoms with Gasteiger partial charge in [-0.25, -0.2) is 0 Å². The third-order valence-corrected chi connectivity index (χ3v) is 2.53. The third kappa shape index (κ3) is 1.71. The smallest absolute Gasteiger partial charge is 0.278 e. The van der Waals surface area contributed by atoms with Crippen molar-refractivity contribution >= 4 is 0 Å². The predicted molar refractivity (Wildman–Crippen MR) is 54.6 cm³/mol. The van der Waals surface area contributed by atoms with Crippen molar-refractivity contribution in [1.29, 1.82) is 0 Å². The molecule has 6 nitrogen and oxygen atoms in total. The van der Waals surface area contributed by atoms with Crippen molar-refractivity contribution in [2.45, 2.75) is 25.4 Å². The first-order valence-corrected chi connectivity index (χ1v) is 5.24. The van der Waals surface area contributed by atoms with Crippen molar-refractivity contribution in [3.05, 3.63) is 17.6 Å². The number of nitrogens with zero attached hydrogens (tertiary/aromatic N) is 3. The van der Waals surface area contributed by atoms with E-state index in [1.807, 2.05) is 6.07 Å². The lowest BCUT2D eigenvalue weighted by Crippen LogP contribution is -1.85. The quantitative estimate of drug-likeness (QED) is 0.844. The Labute approximate surface area is 92.0 Å². The highest BCUT2D eigenvalue weighted by atomic mass is 16.5. The van der Waals surface area contributed by atoms with Crippen LogP contribution >= 0.6 is 0 Å². The standard InChI is InChI=1S/C10H12N4O2/c1-15-5-7-4-8(13-12-7)10-11-9(14-16-10)6-2-3-6/h4,6H,2-3,5H2,1H3,(H,12,13). The van der Waals surface area contributed by atoms with E-state index in [-0.39, 0.29) is 0 Å². The van der Waals surface area contributed by atoms with Gasteiger partial charge in [-0.15, -0.1) is 0 Å². The Balaban J connectivity index is 1.83. The highest BCUT2D eigenvalue weighted by molar-refractivity contribution is 5.46. The zero-order valence-corrected chi connectivity index (χ0v) is 8.93. The molecule has 1 aliphatic rings. The van der Waals surface area contributed by atoms with E-state index in [9.17, 15) is 0 Å². The molecule has 16 heavy (non-hydrogen) atoms. The van der Waals surface area contributed by atoms with Crippen molar-refractivity contribution < 1.29 is 9.26 Å². The van der Waals surface area contributed by atoms with Crippen molar-refractivity contribution in [3.8, 4) is 11.6 Å². The van der Waals surface area contributed by atoms with E-state index in [0.29, 0.717) is 24.1 Å². The van der Waals surface area contributed by atoms with Crippen LogP contribution in [0.2, 0.25) is 0 Å². The average molecular weight is 220 g/mol. The third-order valence-electron chi connectivity index (χ3n) is 2.53. The van der Waals surface area contributed by atoms with Crippen LogP contribution in [0.25, 0.3) is 11.6 Å². The van der Waals surface area contributed by atoms with Crippen LogP contribution < -0.4 is 0 Å². The second kappa shape index (κ2) is 3.71. The van der Waals surface area contributed by atoms with Crippen LogP contribution in [-0.2, 0) is 11.3 Å². The van der Waals surface area contributed by atoms with E-state index < -0.39 is 0 Å². The van der Waals surface area contributed by atoms with Gasteiger partial charge in [-0.05, 0) is 18.9 Å². The van der Waals surface area contributed by atoms with Crippen molar-refractivity contribution in [1.82, 2.24) is 20.3 Å². The predicted octanol–water partition coefficient (Wildman–Crippen LogP) is 1.48. The fourth-order valence-corrected chi connectivity index (χ4v) is 1.55. The summed E-state index contributed by atoms with van der Waals surface area (Å²) in [6, 6.07) is 1.85. The molecule has 0 radical (unpaired) electrons. The first kappa shape index (κ1) is 9.53. The Morgan fingerprint density at radius 2 is 2.44 bits per heavy atom. The van der Waals surface area contributed by atoms with Crippen LogP contribution in [0.1, 0.15) is 30.3 Å². The summed E-state index contributed by atoms with van der Waals surface area (Å²) in [4.78, 5) is 4.31. The molecule has 1 aliphatic carbocycles. The Morgan fingerprint density at radius 3 is 3.19 bits per heavy atom. The summed E-state index contributed by atoms with van der Waals surface area (Å²) in [6.07, 6.45) is 2.32. The maximum absolute atomic E-state index is 5.16. The first-order chi connectivity index (χ1) is 7.86. The summed E-state index contributed by atoms with van der Waals surface area (Å²) in [5, 5.41) is 10.9. The second-order valence-corrected chi connectivity index (χ2v) is 3.94. The van der Waals surface area contributed by atoms with Crippen molar-refractivity contribution in [3.63, 3.8) is 0 Å². The number of aromatic nitrogens is 4. The van der Waals surface area contributed by atoms with Crippen LogP contribution in [-0.4, -0.2) is 27.4 Å². The molecule has 2 aromatic heterocycles. The molecule has 2 heterocycles. The van der Waals surface area contributed by atoms with Crippen LogP contribution in [0, 0.1) is 0 Å². The minimum Gasteiger partial charge on any atom is -0.378 e. The van der Waals surface area contributed by atoms with Gasteiger partial charge < -0.3 is 9.26 Å². The lowest BCUT2D eigenvalue weighted by molar-refractivity contribution is 0.181. The van der Waals surface area contributed by atoms with Gasteiger partial charge in [0.05, 0.1) is 12.3 Å². The summed E-state index contributed by atoms with van der Waals surface area (Å²) >= 11 is 0.